The van der Waals surface area contributed by atoms with Crippen LogP contribution in [0, 0.1) is 23.0 Å². The maximum atomic E-state index is 13.5. The maximum Gasteiger partial charge on any atom is 0.269 e. The first-order valence-corrected chi connectivity index (χ1v) is 10.2. The van der Waals surface area contributed by atoms with Crippen LogP contribution in [0.1, 0.15) is 17.2 Å². The first kappa shape index (κ1) is 19.9. The fourth-order valence-electron chi connectivity index (χ4n) is 4.29. The lowest BCUT2D eigenvalue weighted by Crippen LogP contribution is -2.37. The van der Waals surface area contributed by atoms with Crippen molar-refractivity contribution in [2.45, 2.75) is 19.1 Å². The number of benzene rings is 3. The van der Waals surface area contributed by atoms with Crippen molar-refractivity contribution in [3.8, 4) is 0 Å². The third-order valence-corrected chi connectivity index (χ3v) is 5.86. The molecular formula is C24H19N3O5. The number of nitrogens with zero attached hydrogens (tertiary/aromatic N) is 3. The Hall–Kier alpha value is -4.04. The van der Waals surface area contributed by atoms with Gasteiger partial charge in [0.1, 0.15) is 5.92 Å². The lowest BCUT2D eigenvalue weighted by atomic mass is 9.90. The molecule has 3 atom stereocenters. The van der Waals surface area contributed by atoms with Crippen molar-refractivity contribution < 1.29 is 19.3 Å². The van der Waals surface area contributed by atoms with E-state index in [1.165, 1.54) is 24.3 Å². The van der Waals surface area contributed by atoms with Crippen molar-refractivity contribution in [1.29, 1.82) is 0 Å². The van der Waals surface area contributed by atoms with Crippen LogP contribution in [0.25, 0.3) is 0 Å². The zero-order valence-electron chi connectivity index (χ0n) is 17.1. The molecule has 2 amide bonds. The molecule has 0 N–H and O–H groups in total. The highest BCUT2D eigenvalue weighted by Crippen LogP contribution is 2.47. The van der Waals surface area contributed by atoms with Gasteiger partial charge < -0.3 is 0 Å². The van der Waals surface area contributed by atoms with Crippen molar-refractivity contribution in [3.63, 3.8) is 0 Å². The number of hydroxylamine groups is 1. The highest BCUT2D eigenvalue weighted by molar-refractivity contribution is 6.23. The van der Waals surface area contributed by atoms with Gasteiger partial charge in [-0.1, -0.05) is 48.0 Å². The van der Waals surface area contributed by atoms with Gasteiger partial charge in [-0.05, 0) is 36.8 Å². The monoisotopic (exact) mass is 429 g/mol. The van der Waals surface area contributed by atoms with Gasteiger partial charge in [0, 0.05) is 12.1 Å². The number of rotatable bonds is 4. The second-order valence-electron chi connectivity index (χ2n) is 7.85. The number of amides is 2. The summed E-state index contributed by atoms with van der Waals surface area (Å²) in [5, 5.41) is 12.6. The molecule has 8 nitrogen and oxygen atoms in total. The van der Waals surface area contributed by atoms with Gasteiger partial charge in [0.2, 0.25) is 5.91 Å². The molecule has 3 aromatic carbocycles. The van der Waals surface area contributed by atoms with Gasteiger partial charge >= 0.3 is 0 Å². The summed E-state index contributed by atoms with van der Waals surface area (Å²) in [6.07, 6.45) is -0.982. The van der Waals surface area contributed by atoms with Crippen LogP contribution in [0.3, 0.4) is 0 Å². The predicted molar refractivity (Wildman–Crippen MR) is 117 cm³/mol. The van der Waals surface area contributed by atoms with Crippen LogP contribution < -0.4 is 9.96 Å². The first-order valence-electron chi connectivity index (χ1n) is 10.2. The number of fused-ring (bicyclic) bond motifs is 1. The number of aryl methyl sites for hydroxylation is 1. The summed E-state index contributed by atoms with van der Waals surface area (Å²) in [4.78, 5) is 44.3. The zero-order valence-corrected chi connectivity index (χ0v) is 17.1. The Bertz CT molecular complexity index is 1190. The van der Waals surface area contributed by atoms with Gasteiger partial charge in [-0.15, -0.1) is 0 Å². The van der Waals surface area contributed by atoms with Crippen LogP contribution in [-0.2, 0) is 14.4 Å². The number of para-hydroxylation sites is 1. The van der Waals surface area contributed by atoms with Gasteiger partial charge in [0.05, 0.1) is 22.3 Å². The van der Waals surface area contributed by atoms with Crippen LogP contribution in [0.15, 0.2) is 78.9 Å². The topological polar surface area (TPSA) is 93.0 Å². The van der Waals surface area contributed by atoms with Crippen molar-refractivity contribution in [3.05, 3.63) is 100 Å². The molecule has 2 saturated heterocycles. The molecule has 32 heavy (non-hydrogen) atoms. The number of imide groups is 1. The summed E-state index contributed by atoms with van der Waals surface area (Å²) < 4.78 is 0. The van der Waals surface area contributed by atoms with Gasteiger partial charge in [-0.25, -0.2) is 9.96 Å². The smallest absolute Gasteiger partial charge is 0.269 e. The molecule has 160 valence electrons. The number of carbonyl (C=O) groups excluding carboxylic acids is 2. The Morgan fingerprint density at radius 3 is 2.12 bits per heavy atom. The number of nitro groups is 1. The van der Waals surface area contributed by atoms with E-state index in [9.17, 15) is 19.7 Å². The van der Waals surface area contributed by atoms with Gasteiger partial charge in [0.15, 0.2) is 6.10 Å². The number of carbonyl (C=O) groups is 2. The number of hydrogen-bond acceptors (Lipinski definition) is 6. The number of anilines is 2. The molecule has 2 aliphatic heterocycles. The van der Waals surface area contributed by atoms with Gasteiger partial charge in [0.25, 0.3) is 11.6 Å². The largest absolute Gasteiger partial charge is 0.273 e. The first-order chi connectivity index (χ1) is 15.5. The van der Waals surface area contributed by atoms with Crippen molar-refractivity contribution in [2.24, 2.45) is 5.92 Å². The molecular weight excluding hydrogens is 410 g/mol. The SMILES string of the molecule is Cc1ccc([C@H]2[C@H]3C(=O)N(c4ccc([N+](=O)[O-])cc4)C(=O)[C@H]3ON2c2ccccc2)cc1. The van der Waals surface area contributed by atoms with E-state index in [4.69, 9.17) is 4.84 Å². The van der Waals surface area contributed by atoms with E-state index in [1.807, 2.05) is 61.5 Å². The molecule has 0 bridgehead atoms. The van der Waals surface area contributed by atoms with E-state index in [-0.39, 0.29) is 11.4 Å². The lowest BCUT2D eigenvalue weighted by Gasteiger charge is -2.28. The molecule has 2 heterocycles. The lowest BCUT2D eigenvalue weighted by molar-refractivity contribution is -0.384. The normalized spacial score (nSPS) is 22.3. The van der Waals surface area contributed by atoms with E-state index in [0.29, 0.717) is 0 Å². The Morgan fingerprint density at radius 2 is 1.50 bits per heavy atom. The van der Waals surface area contributed by atoms with E-state index >= 15 is 0 Å². The Kier molecular flexibility index (Phi) is 4.71. The van der Waals surface area contributed by atoms with E-state index < -0.39 is 34.8 Å². The summed E-state index contributed by atoms with van der Waals surface area (Å²) in [5.41, 5.74) is 2.86. The fourth-order valence-corrected chi connectivity index (χ4v) is 4.29. The second kappa shape index (κ2) is 7.58. The molecule has 0 aliphatic carbocycles. The molecule has 0 saturated carbocycles. The zero-order chi connectivity index (χ0) is 22.4. The summed E-state index contributed by atoms with van der Waals surface area (Å²) in [6.45, 7) is 1.98. The summed E-state index contributed by atoms with van der Waals surface area (Å²) in [7, 11) is 0. The van der Waals surface area contributed by atoms with Gasteiger partial charge in [-0.3, -0.25) is 24.5 Å². The third kappa shape index (κ3) is 3.12. The third-order valence-electron chi connectivity index (χ3n) is 5.86. The van der Waals surface area contributed by atoms with Crippen LogP contribution in [0.4, 0.5) is 17.1 Å². The Morgan fingerprint density at radius 1 is 0.844 bits per heavy atom. The molecule has 5 rings (SSSR count). The van der Waals surface area contributed by atoms with Crippen LogP contribution in [-0.4, -0.2) is 22.8 Å². The molecule has 0 radical (unpaired) electrons. The average molecular weight is 429 g/mol. The highest BCUT2D eigenvalue weighted by Gasteiger charge is 2.60. The number of nitro benzene ring substituents is 1. The minimum atomic E-state index is -0.982. The molecule has 2 fully saturated rings. The van der Waals surface area contributed by atoms with Crippen molar-refractivity contribution >= 4 is 28.9 Å². The Balaban J connectivity index is 1.55. The van der Waals surface area contributed by atoms with Gasteiger partial charge in [-0.2, -0.15) is 0 Å². The van der Waals surface area contributed by atoms with E-state index in [1.54, 1.807) is 5.06 Å². The standard InChI is InChI=1S/C24H19N3O5/c1-15-7-9-16(10-8-15)21-20-22(32-26(21)18-5-3-2-4-6-18)24(29)25(23(20)28)17-11-13-19(14-12-17)27(30)31/h2-14,20-22H,1H3/t20-,21+,22+/m1/s1. The van der Waals surface area contributed by atoms with E-state index in [2.05, 4.69) is 0 Å². The Labute approximate surface area is 183 Å². The molecule has 0 aromatic heterocycles. The fraction of sp³-hybridized carbons (Fsp3) is 0.167. The van der Waals surface area contributed by atoms with Crippen LogP contribution >= 0.6 is 0 Å². The van der Waals surface area contributed by atoms with E-state index in [0.717, 1.165) is 21.7 Å². The van der Waals surface area contributed by atoms with Crippen molar-refractivity contribution in [2.75, 3.05) is 9.96 Å². The minimum Gasteiger partial charge on any atom is -0.273 e. The molecule has 3 aromatic rings. The molecule has 0 spiro atoms. The second-order valence-corrected chi connectivity index (χ2v) is 7.85. The quantitative estimate of drug-likeness (QED) is 0.354. The summed E-state index contributed by atoms with van der Waals surface area (Å²) in [5.74, 6) is -1.62. The number of hydrogen-bond donors (Lipinski definition) is 0. The molecule has 0 unspecified atom stereocenters. The van der Waals surface area contributed by atoms with Crippen molar-refractivity contribution in [1.82, 2.24) is 0 Å². The molecule has 2 aliphatic rings. The predicted octanol–water partition coefficient (Wildman–Crippen LogP) is 3.95. The maximum absolute atomic E-state index is 13.5. The highest BCUT2D eigenvalue weighted by atomic mass is 16.7. The summed E-state index contributed by atoms with van der Waals surface area (Å²) in [6, 6.07) is 22.0. The van der Waals surface area contributed by atoms with Crippen LogP contribution in [0.5, 0.6) is 0 Å². The summed E-state index contributed by atoms with van der Waals surface area (Å²) >= 11 is 0. The molecule has 8 heteroatoms. The minimum absolute atomic E-state index is 0.114. The number of non-ortho nitro benzene ring substituents is 1. The average Bonchev–Trinajstić information content (AvgIpc) is 3.31. The van der Waals surface area contributed by atoms with Crippen LogP contribution in [0.2, 0.25) is 0 Å².